The van der Waals surface area contributed by atoms with Gasteiger partial charge in [0.1, 0.15) is 17.7 Å². The van der Waals surface area contributed by atoms with E-state index < -0.39 is 11.9 Å². The number of pyridine rings is 1. The van der Waals surface area contributed by atoms with Crippen LogP contribution in [0, 0.1) is 11.6 Å². The average molecular weight is 398 g/mol. The van der Waals surface area contributed by atoms with Crippen molar-refractivity contribution in [2.24, 2.45) is 0 Å². The molecule has 29 heavy (non-hydrogen) atoms. The van der Waals surface area contributed by atoms with E-state index in [4.69, 9.17) is 4.74 Å². The van der Waals surface area contributed by atoms with E-state index in [-0.39, 0.29) is 36.7 Å². The van der Waals surface area contributed by atoms with Gasteiger partial charge in [0.05, 0.1) is 18.7 Å². The normalized spacial score (nSPS) is 16.9. The van der Waals surface area contributed by atoms with Crippen LogP contribution in [0.25, 0.3) is 10.9 Å². The van der Waals surface area contributed by atoms with Crippen LogP contribution in [0.2, 0.25) is 0 Å². The third kappa shape index (κ3) is 4.19. The van der Waals surface area contributed by atoms with E-state index >= 15 is 0 Å². The van der Waals surface area contributed by atoms with Gasteiger partial charge < -0.3 is 14.6 Å². The molecule has 1 amide bonds. The van der Waals surface area contributed by atoms with Gasteiger partial charge in [0, 0.05) is 24.1 Å². The Morgan fingerprint density at radius 1 is 1.17 bits per heavy atom. The Morgan fingerprint density at radius 2 is 2.00 bits per heavy atom. The Balaban J connectivity index is 1.44. The number of ether oxygens (including phenoxy) is 1. The molecule has 0 aliphatic carbocycles. The van der Waals surface area contributed by atoms with E-state index in [0.29, 0.717) is 35.2 Å². The minimum Gasteiger partial charge on any atom is -0.370 e. The number of aryl methyl sites for hydroxylation is 1. The summed E-state index contributed by atoms with van der Waals surface area (Å²) in [6.07, 6.45) is -0.0870. The summed E-state index contributed by atoms with van der Waals surface area (Å²) in [5, 5.41) is 0.708. The molecule has 0 bridgehead atoms. The SMILES string of the molecule is O=C(CCc1cc2ccc(F)cc2[nH]c1=O)N1CCOC(c2ccccc2F)C1. The standard InChI is InChI=1S/C22H20F2N2O3/c23-16-7-5-14-11-15(22(28)25-19(14)12-16)6-8-21(27)26-9-10-29-20(13-26)17-3-1-2-4-18(17)24/h1-5,7,11-12,20H,6,8-10,13H2,(H,25,28). The van der Waals surface area contributed by atoms with E-state index in [0.717, 1.165) is 0 Å². The van der Waals surface area contributed by atoms with Gasteiger partial charge in [-0.3, -0.25) is 9.59 Å². The van der Waals surface area contributed by atoms with Crippen molar-refractivity contribution < 1.29 is 18.3 Å². The summed E-state index contributed by atoms with van der Waals surface area (Å²) in [5.74, 6) is -0.896. The highest BCUT2D eigenvalue weighted by Gasteiger charge is 2.27. The van der Waals surface area contributed by atoms with Crippen molar-refractivity contribution in [3.05, 3.63) is 81.6 Å². The Hall–Kier alpha value is -3.06. The van der Waals surface area contributed by atoms with E-state index in [1.807, 2.05) is 0 Å². The zero-order valence-corrected chi connectivity index (χ0v) is 15.7. The summed E-state index contributed by atoms with van der Waals surface area (Å²) in [5.41, 5.74) is 0.993. The number of carbonyl (C=O) groups excluding carboxylic acids is 1. The lowest BCUT2D eigenvalue weighted by molar-refractivity contribution is -0.139. The molecular weight excluding hydrogens is 378 g/mol. The zero-order chi connectivity index (χ0) is 20.4. The van der Waals surface area contributed by atoms with Gasteiger partial charge in [-0.25, -0.2) is 8.78 Å². The molecule has 0 saturated carbocycles. The number of aromatic amines is 1. The van der Waals surface area contributed by atoms with Gasteiger partial charge in [-0.05, 0) is 42.1 Å². The van der Waals surface area contributed by atoms with Gasteiger partial charge in [0.15, 0.2) is 0 Å². The van der Waals surface area contributed by atoms with Crippen molar-refractivity contribution in [1.82, 2.24) is 9.88 Å². The molecule has 1 aliphatic heterocycles. The number of nitrogens with one attached hydrogen (secondary N) is 1. The fourth-order valence-electron chi connectivity index (χ4n) is 3.60. The van der Waals surface area contributed by atoms with Crippen molar-refractivity contribution in [3.63, 3.8) is 0 Å². The second kappa shape index (κ2) is 8.13. The van der Waals surface area contributed by atoms with Crippen LogP contribution < -0.4 is 5.56 Å². The largest absolute Gasteiger partial charge is 0.370 e. The number of aromatic nitrogens is 1. The van der Waals surface area contributed by atoms with Gasteiger partial charge in [0.25, 0.3) is 5.56 Å². The lowest BCUT2D eigenvalue weighted by Gasteiger charge is -2.33. The van der Waals surface area contributed by atoms with Crippen molar-refractivity contribution in [2.75, 3.05) is 19.7 Å². The highest BCUT2D eigenvalue weighted by Crippen LogP contribution is 2.25. The monoisotopic (exact) mass is 398 g/mol. The van der Waals surface area contributed by atoms with Gasteiger partial charge in [-0.1, -0.05) is 18.2 Å². The second-order valence-electron chi connectivity index (χ2n) is 7.08. The van der Waals surface area contributed by atoms with Crippen LogP contribution in [0.3, 0.4) is 0 Å². The third-order valence-electron chi connectivity index (χ3n) is 5.16. The van der Waals surface area contributed by atoms with Crippen LogP contribution >= 0.6 is 0 Å². The van der Waals surface area contributed by atoms with Crippen LogP contribution in [-0.2, 0) is 16.0 Å². The van der Waals surface area contributed by atoms with E-state index in [1.54, 1.807) is 35.2 Å². The Kier molecular flexibility index (Phi) is 5.40. The van der Waals surface area contributed by atoms with Crippen molar-refractivity contribution in [1.29, 1.82) is 0 Å². The first-order chi connectivity index (χ1) is 14.0. The van der Waals surface area contributed by atoms with Gasteiger partial charge in [-0.15, -0.1) is 0 Å². The lowest BCUT2D eigenvalue weighted by Crippen LogP contribution is -2.42. The van der Waals surface area contributed by atoms with Crippen molar-refractivity contribution in [3.8, 4) is 0 Å². The molecule has 1 fully saturated rings. The molecule has 2 aromatic carbocycles. The topological polar surface area (TPSA) is 62.4 Å². The molecule has 4 rings (SSSR count). The fraction of sp³-hybridized carbons (Fsp3) is 0.273. The molecule has 7 heteroatoms. The first-order valence-electron chi connectivity index (χ1n) is 9.46. The van der Waals surface area contributed by atoms with Gasteiger partial charge in [-0.2, -0.15) is 0 Å². The molecule has 150 valence electrons. The third-order valence-corrected chi connectivity index (χ3v) is 5.16. The molecule has 1 unspecified atom stereocenters. The van der Waals surface area contributed by atoms with Crippen LogP contribution in [0.15, 0.2) is 53.3 Å². The minimum atomic E-state index is -0.507. The highest BCUT2D eigenvalue weighted by atomic mass is 19.1. The summed E-state index contributed by atoms with van der Waals surface area (Å²) in [4.78, 5) is 29.2. The smallest absolute Gasteiger partial charge is 0.251 e. The summed E-state index contributed by atoms with van der Waals surface area (Å²) >= 11 is 0. The molecule has 1 N–H and O–H groups in total. The summed E-state index contributed by atoms with van der Waals surface area (Å²) < 4.78 is 33.0. The summed E-state index contributed by atoms with van der Waals surface area (Å²) in [7, 11) is 0. The molecule has 0 radical (unpaired) electrons. The van der Waals surface area contributed by atoms with Gasteiger partial charge >= 0.3 is 0 Å². The van der Waals surface area contributed by atoms with Crippen molar-refractivity contribution >= 4 is 16.8 Å². The van der Waals surface area contributed by atoms with E-state index in [9.17, 15) is 18.4 Å². The Labute approximate surface area is 165 Å². The van der Waals surface area contributed by atoms with Crippen molar-refractivity contribution in [2.45, 2.75) is 18.9 Å². The Bertz CT molecular complexity index is 1110. The van der Waals surface area contributed by atoms with Crippen LogP contribution in [0.1, 0.15) is 23.7 Å². The molecule has 3 aromatic rings. The number of H-pyrrole nitrogens is 1. The first-order valence-corrected chi connectivity index (χ1v) is 9.46. The Morgan fingerprint density at radius 3 is 2.83 bits per heavy atom. The molecule has 0 spiro atoms. The average Bonchev–Trinajstić information content (AvgIpc) is 2.72. The minimum absolute atomic E-state index is 0.117. The molecule has 1 saturated heterocycles. The number of hydrogen-bond acceptors (Lipinski definition) is 3. The van der Waals surface area contributed by atoms with E-state index in [1.165, 1.54) is 18.2 Å². The predicted molar refractivity (Wildman–Crippen MR) is 105 cm³/mol. The molecule has 1 aromatic heterocycles. The maximum atomic E-state index is 14.0. The number of fused-ring (bicyclic) bond motifs is 1. The van der Waals surface area contributed by atoms with Gasteiger partial charge in [0.2, 0.25) is 5.91 Å². The maximum Gasteiger partial charge on any atom is 0.251 e. The number of amides is 1. The molecule has 1 aliphatic rings. The number of carbonyl (C=O) groups is 1. The number of benzene rings is 2. The van der Waals surface area contributed by atoms with Crippen LogP contribution in [0.4, 0.5) is 8.78 Å². The molecule has 2 heterocycles. The lowest BCUT2D eigenvalue weighted by atomic mass is 10.1. The molecule has 1 atom stereocenters. The summed E-state index contributed by atoms with van der Waals surface area (Å²) in [6.45, 7) is 1.02. The van der Waals surface area contributed by atoms with Crippen LogP contribution in [0.5, 0.6) is 0 Å². The molecular formula is C22H20F2N2O3. The number of halogens is 2. The molecule has 5 nitrogen and oxygen atoms in total. The predicted octanol–water partition coefficient (Wildman–Crippen LogP) is 3.34. The zero-order valence-electron chi connectivity index (χ0n) is 15.7. The number of nitrogens with zero attached hydrogens (tertiary/aromatic N) is 1. The number of rotatable bonds is 4. The highest BCUT2D eigenvalue weighted by molar-refractivity contribution is 5.79. The fourth-order valence-corrected chi connectivity index (χ4v) is 3.60. The quantitative estimate of drug-likeness (QED) is 0.733. The number of hydrogen-bond donors (Lipinski definition) is 1. The van der Waals surface area contributed by atoms with E-state index in [2.05, 4.69) is 4.98 Å². The second-order valence-corrected chi connectivity index (χ2v) is 7.08. The van der Waals surface area contributed by atoms with Crippen LogP contribution in [-0.4, -0.2) is 35.5 Å². The number of morpholine rings is 1. The maximum absolute atomic E-state index is 14.0. The first kappa shape index (κ1) is 19.3. The summed E-state index contributed by atoms with van der Waals surface area (Å²) in [6, 6.07) is 12.2.